The van der Waals surface area contributed by atoms with Crippen LogP contribution in [-0.4, -0.2) is 36.7 Å². The van der Waals surface area contributed by atoms with Gasteiger partial charge in [0.25, 0.3) is 0 Å². The monoisotopic (exact) mass is 459 g/mol. The lowest BCUT2D eigenvalue weighted by Crippen LogP contribution is -2.33. The lowest BCUT2D eigenvalue weighted by molar-refractivity contribution is 0.0991. The number of hydrogen-bond acceptors (Lipinski definition) is 6. The molecule has 3 aromatic rings. The van der Waals surface area contributed by atoms with E-state index >= 15 is 0 Å². The van der Waals surface area contributed by atoms with Crippen LogP contribution in [-0.2, 0) is 11.8 Å². The molecule has 0 unspecified atom stereocenters. The molecule has 2 aliphatic carbocycles. The zero-order valence-electron chi connectivity index (χ0n) is 19.0. The molecule has 1 N–H and O–H groups in total. The summed E-state index contributed by atoms with van der Waals surface area (Å²) >= 11 is 0. The largest absolute Gasteiger partial charge is 0.393 e. The average Bonchev–Trinajstić information content (AvgIpc) is 3.63. The Labute approximate surface area is 197 Å². The highest BCUT2D eigenvalue weighted by molar-refractivity contribution is 5.98. The first-order valence-electron chi connectivity index (χ1n) is 11.7. The maximum Gasteiger partial charge on any atom is 0.189 e. The molecule has 2 aliphatic rings. The third kappa shape index (κ3) is 4.12. The average molecular weight is 460 g/mol. The van der Waals surface area contributed by atoms with Crippen LogP contribution in [0.1, 0.15) is 77.3 Å². The number of pyridine rings is 2. The first kappa shape index (κ1) is 22.4. The lowest BCUT2D eigenvalue weighted by Gasteiger charge is -2.32. The Morgan fingerprint density at radius 1 is 1.21 bits per heavy atom. The fraction of sp³-hybridized carbons (Fsp3) is 0.423. The highest BCUT2D eigenvalue weighted by atomic mass is 19.1. The number of aromatic nitrogens is 4. The molecule has 7 nitrogen and oxygen atoms in total. The van der Waals surface area contributed by atoms with Gasteiger partial charge >= 0.3 is 0 Å². The predicted molar refractivity (Wildman–Crippen MR) is 122 cm³/mol. The Morgan fingerprint density at radius 3 is 2.59 bits per heavy atom. The number of hydrogen-bond donors (Lipinski definition) is 1. The van der Waals surface area contributed by atoms with Gasteiger partial charge in [-0.05, 0) is 74.6 Å². The van der Waals surface area contributed by atoms with Crippen molar-refractivity contribution in [1.29, 1.82) is 5.26 Å². The van der Waals surface area contributed by atoms with E-state index < -0.39 is 11.2 Å². The van der Waals surface area contributed by atoms with Crippen molar-refractivity contribution in [3.63, 3.8) is 0 Å². The van der Waals surface area contributed by atoms with Gasteiger partial charge in [0, 0.05) is 18.8 Å². The van der Waals surface area contributed by atoms with Crippen molar-refractivity contribution in [2.75, 3.05) is 0 Å². The standard InChI is InChI=1S/C26H26FN5O2/c1-16-21(14-31-32(16)25-22(27)11-19(13-30-25)18-3-4-18)23(34)10-17-2-5-24(29-12-17)26(15-28)8-6-20(33)7-9-26/h2,5,11-14,18,20,33H,3-4,6-10H2,1H3. The van der Waals surface area contributed by atoms with E-state index in [1.807, 2.05) is 6.07 Å². The van der Waals surface area contributed by atoms with E-state index in [4.69, 9.17) is 0 Å². The minimum atomic E-state index is -0.689. The molecule has 8 heteroatoms. The smallest absolute Gasteiger partial charge is 0.189 e. The number of rotatable bonds is 6. The van der Waals surface area contributed by atoms with Gasteiger partial charge < -0.3 is 5.11 Å². The Hall–Kier alpha value is -3.44. The topological polar surface area (TPSA) is 105 Å². The molecule has 0 saturated heterocycles. The summed E-state index contributed by atoms with van der Waals surface area (Å²) in [6.07, 6.45) is 8.97. The lowest BCUT2D eigenvalue weighted by atomic mass is 9.72. The third-order valence-electron chi connectivity index (χ3n) is 7.10. The SMILES string of the molecule is Cc1c(C(=O)Cc2ccc(C3(C#N)CCC(O)CC3)nc2)cnn1-c1ncc(C2CC2)cc1F. The third-order valence-corrected chi connectivity index (χ3v) is 7.10. The van der Waals surface area contributed by atoms with E-state index in [1.54, 1.807) is 25.4 Å². The summed E-state index contributed by atoms with van der Waals surface area (Å²) in [7, 11) is 0. The van der Waals surface area contributed by atoms with Gasteiger partial charge in [0.15, 0.2) is 17.4 Å². The summed E-state index contributed by atoms with van der Waals surface area (Å²) < 4.78 is 16.1. The van der Waals surface area contributed by atoms with Gasteiger partial charge in [-0.1, -0.05) is 6.07 Å². The van der Waals surface area contributed by atoms with Gasteiger partial charge in [-0.3, -0.25) is 9.78 Å². The second kappa shape index (κ2) is 8.73. The summed E-state index contributed by atoms with van der Waals surface area (Å²) in [4.78, 5) is 21.7. The van der Waals surface area contributed by atoms with Crippen LogP contribution >= 0.6 is 0 Å². The normalized spacial score (nSPS) is 22.4. The maximum absolute atomic E-state index is 14.7. The number of aliphatic hydroxyl groups is 1. The van der Waals surface area contributed by atoms with Crippen molar-refractivity contribution < 1.29 is 14.3 Å². The molecule has 0 bridgehead atoms. The molecule has 5 rings (SSSR count). The van der Waals surface area contributed by atoms with Crippen LogP contribution in [0.15, 0.2) is 36.8 Å². The second-order valence-electron chi connectivity index (χ2n) is 9.48. The van der Waals surface area contributed by atoms with E-state index in [9.17, 15) is 19.6 Å². The van der Waals surface area contributed by atoms with Crippen molar-refractivity contribution in [3.8, 4) is 11.9 Å². The maximum atomic E-state index is 14.7. The Morgan fingerprint density at radius 2 is 1.97 bits per heavy atom. The van der Waals surface area contributed by atoms with Gasteiger partial charge in [-0.25, -0.2) is 14.1 Å². The predicted octanol–water partition coefficient (Wildman–Crippen LogP) is 4.11. The van der Waals surface area contributed by atoms with Gasteiger partial charge in [0.2, 0.25) is 0 Å². The molecule has 174 valence electrons. The van der Waals surface area contributed by atoms with Crippen molar-refractivity contribution in [1.82, 2.24) is 19.7 Å². The minimum Gasteiger partial charge on any atom is -0.393 e. The summed E-state index contributed by atoms with van der Waals surface area (Å²) in [5.41, 5.74) is 2.56. The molecular formula is C26H26FN5O2. The van der Waals surface area contributed by atoms with Crippen LogP contribution < -0.4 is 0 Å². The second-order valence-corrected chi connectivity index (χ2v) is 9.48. The van der Waals surface area contributed by atoms with Gasteiger partial charge in [-0.15, -0.1) is 0 Å². The molecule has 0 radical (unpaired) electrons. The molecule has 2 saturated carbocycles. The van der Waals surface area contributed by atoms with E-state index in [-0.39, 0.29) is 24.1 Å². The molecule has 0 aliphatic heterocycles. The molecular weight excluding hydrogens is 433 g/mol. The Balaban J connectivity index is 1.31. The quantitative estimate of drug-likeness (QED) is 0.556. The van der Waals surface area contributed by atoms with Crippen LogP contribution in [0.4, 0.5) is 4.39 Å². The van der Waals surface area contributed by atoms with Crippen LogP contribution in [0.5, 0.6) is 0 Å². The van der Waals surface area contributed by atoms with Gasteiger partial charge in [0.05, 0.1) is 40.7 Å². The van der Waals surface area contributed by atoms with Crippen molar-refractivity contribution in [3.05, 3.63) is 70.7 Å². The fourth-order valence-corrected chi connectivity index (χ4v) is 4.75. The molecule has 0 spiro atoms. The number of nitrogens with zero attached hydrogens (tertiary/aromatic N) is 5. The number of halogens is 1. The summed E-state index contributed by atoms with van der Waals surface area (Å²) in [5, 5.41) is 23.8. The molecule has 34 heavy (non-hydrogen) atoms. The molecule has 0 aromatic carbocycles. The summed E-state index contributed by atoms with van der Waals surface area (Å²) in [6, 6.07) is 7.53. The summed E-state index contributed by atoms with van der Waals surface area (Å²) in [6.45, 7) is 1.73. The first-order chi connectivity index (χ1) is 16.4. The number of carbonyl (C=O) groups excluding carboxylic acids is 1. The van der Waals surface area contributed by atoms with Crippen molar-refractivity contribution in [2.45, 2.75) is 69.3 Å². The molecule has 2 fully saturated rings. The number of ketones is 1. The highest BCUT2D eigenvalue weighted by Crippen LogP contribution is 2.40. The van der Waals surface area contributed by atoms with Crippen LogP contribution in [0.2, 0.25) is 0 Å². The van der Waals surface area contributed by atoms with Crippen LogP contribution in [0.25, 0.3) is 5.82 Å². The fourth-order valence-electron chi connectivity index (χ4n) is 4.75. The van der Waals surface area contributed by atoms with Crippen LogP contribution in [0.3, 0.4) is 0 Å². The van der Waals surface area contributed by atoms with E-state index in [0.29, 0.717) is 48.6 Å². The zero-order chi connectivity index (χ0) is 23.9. The number of carbonyl (C=O) groups is 1. The van der Waals surface area contributed by atoms with E-state index in [0.717, 1.165) is 24.0 Å². The Bertz CT molecular complexity index is 1270. The van der Waals surface area contributed by atoms with Gasteiger partial charge in [-0.2, -0.15) is 10.4 Å². The number of aliphatic hydroxyl groups excluding tert-OH is 1. The molecule has 0 atom stereocenters. The van der Waals surface area contributed by atoms with Crippen LogP contribution in [0, 0.1) is 24.1 Å². The van der Waals surface area contributed by atoms with Gasteiger partial charge in [0.1, 0.15) is 0 Å². The first-order valence-corrected chi connectivity index (χ1v) is 11.7. The van der Waals surface area contributed by atoms with E-state index in [1.165, 1.54) is 16.9 Å². The van der Waals surface area contributed by atoms with Crippen molar-refractivity contribution >= 4 is 5.78 Å². The van der Waals surface area contributed by atoms with Crippen molar-refractivity contribution in [2.24, 2.45) is 0 Å². The minimum absolute atomic E-state index is 0.0892. The van der Waals surface area contributed by atoms with E-state index in [2.05, 4.69) is 21.1 Å². The number of nitriles is 1. The zero-order valence-corrected chi connectivity index (χ0v) is 19.0. The molecule has 0 amide bonds. The molecule has 3 aromatic heterocycles. The molecule has 3 heterocycles. The summed E-state index contributed by atoms with van der Waals surface area (Å²) in [5.74, 6) is -0.105. The number of Topliss-reactive ketones (excluding diaryl/α,β-unsaturated/α-hetero) is 1. The highest BCUT2D eigenvalue weighted by Gasteiger charge is 2.38. The Kier molecular flexibility index (Phi) is 5.74.